The average molecular weight is 309 g/mol. The molecule has 0 aliphatic carbocycles. The first-order valence-corrected chi connectivity index (χ1v) is 6.99. The molecule has 1 rings (SSSR count). The van der Waals surface area contributed by atoms with Crippen LogP contribution in [-0.4, -0.2) is 23.5 Å². The normalized spacial score (nSPS) is 10.1. The Balaban J connectivity index is 2.43. The Morgan fingerprint density at radius 1 is 1.18 bits per heavy atom. The maximum absolute atomic E-state index is 11.6. The summed E-state index contributed by atoms with van der Waals surface area (Å²) in [6.07, 6.45) is 0.622. The number of carbonyl (C=O) groups is 2. The van der Waals surface area contributed by atoms with E-state index in [0.717, 1.165) is 0 Å². The molecule has 0 aliphatic heterocycles. The van der Waals surface area contributed by atoms with E-state index in [1.807, 2.05) is 0 Å². The average Bonchev–Trinajstić information content (AvgIpc) is 2.46. The molecule has 0 saturated heterocycles. The third kappa shape index (κ3) is 5.51. The van der Waals surface area contributed by atoms with Gasteiger partial charge in [0.2, 0.25) is 0 Å². The van der Waals surface area contributed by atoms with E-state index in [4.69, 9.17) is 9.47 Å². The van der Waals surface area contributed by atoms with Gasteiger partial charge >= 0.3 is 11.9 Å². The van der Waals surface area contributed by atoms with Gasteiger partial charge in [0.1, 0.15) is 6.61 Å². The van der Waals surface area contributed by atoms with Crippen molar-refractivity contribution in [1.29, 1.82) is 0 Å². The van der Waals surface area contributed by atoms with E-state index in [-0.39, 0.29) is 31.1 Å². The molecule has 0 fully saturated rings. The number of nitro benzene ring substituents is 1. The van der Waals surface area contributed by atoms with Gasteiger partial charge in [0.25, 0.3) is 5.69 Å². The smallest absolute Gasteiger partial charge is 0.306 e. The molecule has 0 N–H and O–H groups in total. The van der Waals surface area contributed by atoms with E-state index in [2.05, 4.69) is 0 Å². The van der Waals surface area contributed by atoms with Crippen LogP contribution in [0.4, 0.5) is 5.69 Å². The Morgan fingerprint density at radius 2 is 1.82 bits per heavy atom. The van der Waals surface area contributed by atoms with Gasteiger partial charge in [-0.3, -0.25) is 19.7 Å². The number of nitrogens with zero attached hydrogens (tertiary/aromatic N) is 1. The summed E-state index contributed by atoms with van der Waals surface area (Å²) in [5, 5.41) is 10.8. The number of benzene rings is 1. The second-order valence-corrected chi connectivity index (χ2v) is 4.64. The van der Waals surface area contributed by atoms with Gasteiger partial charge in [-0.05, 0) is 25.8 Å². The number of nitro groups is 1. The number of esters is 2. The summed E-state index contributed by atoms with van der Waals surface area (Å²) in [6.45, 7) is 3.62. The van der Waals surface area contributed by atoms with Crippen LogP contribution in [0.5, 0.6) is 0 Å². The van der Waals surface area contributed by atoms with Gasteiger partial charge in [0.15, 0.2) is 0 Å². The third-order valence-electron chi connectivity index (χ3n) is 3.07. The highest BCUT2D eigenvalue weighted by molar-refractivity contribution is 5.72. The van der Waals surface area contributed by atoms with Crippen molar-refractivity contribution in [3.8, 4) is 0 Å². The zero-order valence-electron chi connectivity index (χ0n) is 12.7. The summed E-state index contributed by atoms with van der Waals surface area (Å²) in [6, 6.07) is 4.63. The summed E-state index contributed by atoms with van der Waals surface area (Å²) in [7, 11) is 0. The van der Waals surface area contributed by atoms with Gasteiger partial charge in [-0.2, -0.15) is 0 Å². The lowest BCUT2D eigenvalue weighted by Gasteiger charge is -2.08. The molecule has 0 radical (unpaired) electrons. The predicted molar refractivity (Wildman–Crippen MR) is 78.1 cm³/mol. The summed E-state index contributed by atoms with van der Waals surface area (Å²) in [4.78, 5) is 33.0. The minimum atomic E-state index is -0.472. The fourth-order valence-corrected chi connectivity index (χ4v) is 1.86. The molecule has 0 bridgehead atoms. The van der Waals surface area contributed by atoms with Gasteiger partial charge in [-0.25, -0.2) is 0 Å². The lowest BCUT2D eigenvalue weighted by molar-refractivity contribution is -0.385. The van der Waals surface area contributed by atoms with Gasteiger partial charge in [0.05, 0.1) is 11.5 Å². The molecule has 22 heavy (non-hydrogen) atoms. The number of hydrogen-bond acceptors (Lipinski definition) is 6. The summed E-state index contributed by atoms with van der Waals surface area (Å²) in [5.74, 6) is -0.792. The number of rotatable bonds is 8. The molecular formula is C15H19NO6. The topological polar surface area (TPSA) is 95.7 Å². The first-order valence-electron chi connectivity index (χ1n) is 6.99. The van der Waals surface area contributed by atoms with Gasteiger partial charge < -0.3 is 9.47 Å². The summed E-state index contributed by atoms with van der Waals surface area (Å²) >= 11 is 0. The number of hydrogen-bond donors (Lipinski definition) is 0. The molecule has 0 atom stereocenters. The highest BCUT2D eigenvalue weighted by atomic mass is 16.6. The van der Waals surface area contributed by atoms with Crippen molar-refractivity contribution in [3.63, 3.8) is 0 Å². The van der Waals surface area contributed by atoms with Gasteiger partial charge in [0, 0.05) is 24.5 Å². The van der Waals surface area contributed by atoms with Crippen LogP contribution in [0.1, 0.15) is 37.3 Å². The van der Waals surface area contributed by atoms with E-state index < -0.39 is 10.9 Å². The Hall–Kier alpha value is -2.44. The van der Waals surface area contributed by atoms with Crippen molar-refractivity contribution >= 4 is 17.6 Å². The molecule has 1 aromatic rings. The quantitative estimate of drug-likeness (QED) is 0.416. The van der Waals surface area contributed by atoms with E-state index in [1.165, 1.54) is 6.07 Å². The van der Waals surface area contributed by atoms with Crippen molar-refractivity contribution in [2.45, 2.75) is 39.7 Å². The van der Waals surface area contributed by atoms with E-state index >= 15 is 0 Å². The van der Waals surface area contributed by atoms with E-state index in [1.54, 1.807) is 26.0 Å². The molecule has 0 heterocycles. The van der Waals surface area contributed by atoms with E-state index in [9.17, 15) is 19.7 Å². The van der Waals surface area contributed by atoms with Crippen LogP contribution in [0.15, 0.2) is 18.2 Å². The van der Waals surface area contributed by atoms with Crippen molar-refractivity contribution in [2.24, 2.45) is 0 Å². The van der Waals surface area contributed by atoms with Crippen LogP contribution in [-0.2, 0) is 25.7 Å². The van der Waals surface area contributed by atoms with Crippen LogP contribution in [0.3, 0.4) is 0 Å². The fraction of sp³-hybridized carbons (Fsp3) is 0.467. The maximum Gasteiger partial charge on any atom is 0.306 e. The highest BCUT2D eigenvalue weighted by Crippen LogP contribution is 2.21. The van der Waals surface area contributed by atoms with Gasteiger partial charge in [-0.1, -0.05) is 12.1 Å². The van der Waals surface area contributed by atoms with Crippen molar-refractivity contribution in [3.05, 3.63) is 39.4 Å². The Kier molecular flexibility index (Phi) is 7.01. The zero-order valence-corrected chi connectivity index (χ0v) is 12.7. The largest absolute Gasteiger partial charge is 0.466 e. The molecule has 0 aromatic heterocycles. The zero-order chi connectivity index (χ0) is 16.5. The molecule has 0 amide bonds. The Morgan fingerprint density at radius 3 is 2.41 bits per heavy atom. The first-order chi connectivity index (χ1) is 10.5. The fourth-order valence-electron chi connectivity index (χ4n) is 1.86. The molecule has 0 aliphatic rings. The first kappa shape index (κ1) is 17.6. The van der Waals surface area contributed by atoms with Crippen LogP contribution in [0.2, 0.25) is 0 Å². The predicted octanol–water partition coefficient (Wildman–Crippen LogP) is 2.68. The SMILES string of the molecule is CCOC(=O)CCCC(=O)OCc1cccc([N+](=O)[O-])c1C. The maximum atomic E-state index is 11.6. The van der Waals surface area contributed by atoms with Gasteiger partial charge in [-0.15, -0.1) is 0 Å². The Bertz CT molecular complexity index is 555. The summed E-state index contributed by atoms with van der Waals surface area (Å²) in [5.41, 5.74) is 1.07. The minimum Gasteiger partial charge on any atom is -0.466 e. The van der Waals surface area contributed by atoms with Crippen LogP contribution < -0.4 is 0 Å². The molecular weight excluding hydrogens is 290 g/mol. The number of ether oxygens (including phenoxy) is 2. The second kappa shape index (κ2) is 8.76. The number of carbonyl (C=O) groups excluding carboxylic acids is 2. The van der Waals surface area contributed by atoms with Crippen molar-refractivity contribution in [2.75, 3.05) is 6.61 Å². The molecule has 120 valence electrons. The van der Waals surface area contributed by atoms with E-state index in [0.29, 0.717) is 24.2 Å². The minimum absolute atomic E-state index is 0.00383. The molecule has 7 heteroatoms. The monoisotopic (exact) mass is 309 g/mol. The molecule has 0 saturated carbocycles. The molecule has 7 nitrogen and oxygen atoms in total. The van der Waals surface area contributed by atoms with Crippen LogP contribution in [0.25, 0.3) is 0 Å². The van der Waals surface area contributed by atoms with Crippen LogP contribution >= 0.6 is 0 Å². The third-order valence-corrected chi connectivity index (χ3v) is 3.07. The Labute approximate surface area is 128 Å². The van der Waals surface area contributed by atoms with Crippen LogP contribution in [0, 0.1) is 17.0 Å². The highest BCUT2D eigenvalue weighted by Gasteiger charge is 2.14. The molecule has 0 spiro atoms. The molecule has 1 aromatic carbocycles. The lowest BCUT2D eigenvalue weighted by atomic mass is 10.1. The second-order valence-electron chi connectivity index (χ2n) is 4.64. The lowest BCUT2D eigenvalue weighted by Crippen LogP contribution is -2.08. The molecule has 0 unspecified atom stereocenters. The summed E-state index contributed by atoms with van der Waals surface area (Å²) < 4.78 is 9.82. The van der Waals surface area contributed by atoms with Crippen molar-refractivity contribution in [1.82, 2.24) is 0 Å². The standard InChI is InChI=1S/C15H19NO6/c1-3-21-14(17)8-5-9-15(18)22-10-12-6-4-7-13(11(12)2)16(19)20/h4,6-7H,3,5,8-10H2,1-2H3. The van der Waals surface area contributed by atoms with Crippen molar-refractivity contribution < 1.29 is 24.0 Å².